The van der Waals surface area contributed by atoms with Gasteiger partial charge in [0.1, 0.15) is 19.0 Å². The third-order valence-corrected chi connectivity index (χ3v) is 6.90. The van der Waals surface area contributed by atoms with Gasteiger partial charge in [-0.3, -0.25) is 9.59 Å². The topological polar surface area (TPSA) is 82.5 Å². The van der Waals surface area contributed by atoms with Crippen molar-refractivity contribution >= 4 is 35.1 Å². The normalized spacial score (nSPS) is 16.9. The first-order chi connectivity index (χ1) is 15.5. The lowest BCUT2D eigenvalue weighted by Gasteiger charge is -2.28. The highest BCUT2D eigenvalue weighted by molar-refractivity contribution is 7.98. The first kappa shape index (κ1) is 20.9. The molecule has 164 valence electrons. The van der Waals surface area contributed by atoms with Gasteiger partial charge >= 0.3 is 0 Å². The van der Waals surface area contributed by atoms with Crippen molar-refractivity contribution in [1.29, 1.82) is 0 Å². The summed E-state index contributed by atoms with van der Waals surface area (Å²) < 4.78 is 13.1. The zero-order valence-electron chi connectivity index (χ0n) is 17.3. The van der Waals surface area contributed by atoms with Crippen LogP contribution in [0.1, 0.15) is 29.0 Å². The predicted octanol–water partition coefficient (Wildman–Crippen LogP) is 3.97. The average molecular weight is 470 g/mol. The number of nitrogens with one attached hydrogen (secondary N) is 1. The minimum absolute atomic E-state index is 0.146. The maximum absolute atomic E-state index is 13.1. The molecule has 1 atom stereocenters. The third-order valence-electron chi connectivity index (χ3n) is 5.55. The molecule has 0 unspecified atom stereocenters. The second kappa shape index (κ2) is 8.52. The number of carbonyl (C=O) groups is 1. The Bertz CT molecular complexity index is 1260. The van der Waals surface area contributed by atoms with E-state index in [9.17, 15) is 9.59 Å². The Balaban J connectivity index is 1.50. The summed E-state index contributed by atoms with van der Waals surface area (Å²) in [4.78, 5) is 30.0. The number of hydrogen-bond donors (Lipinski definition) is 1. The molecule has 1 N–H and O–H groups in total. The lowest BCUT2D eigenvalue weighted by atomic mass is 9.86. The van der Waals surface area contributed by atoms with Crippen LogP contribution < -0.4 is 20.3 Å². The summed E-state index contributed by atoms with van der Waals surface area (Å²) >= 11 is 7.38. The molecule has 3 aromatic rings. The van der Waals surface area contributed by atoms with Gasteiger partial charge in [-0.05, 0) is 35.4 Å². The lowest BCUT2D eigenvalue weighted by Crippen LogP contribution is -2.33. The third kappa shape index (κ3) is 3.96. The predicted molar refractivity (Wildman–Crippen MR) is 123 cm³/mol. The summed E-state index contributed by atoms with van der Waals surface area (Å²) in [6.07, 6.45) is 0.167. The van der Waals surface area contributed by atoms with Gasteiger partial charge in [-0.15, -0.1) is 0 Å². The number of thioether (sulfide) groups is 1. The molecule has 3 heterocycles. The molecule has 32 heavy (non-hydrogen) atoms. The number of benzene rings is 2. The molecule has 5 rings (SSSR count). The number of halogens is 1. The van der Waals surface area contributed by atoms with Crippen LogP contribution in [0.2, 0.25) is 5.02 Å². The Morgan fingerprint density at radius 3 is 2.66 bits per heavy atom. The number of carbonyl (C=O) groups excluding carboxylic acids is 1. The number of fused-ring (bicyclic) bond motifs is 2. The van der Waals surface area contributed by atoms with Gasteiger partial charge in [-0.25, -0.2) is 0 Å². The van der Waals surface area contributed by atoms with Crippen molar-refractivity contribution < 1.29 is 14.3 Å². The smallest absolute Gasteiger partial charge is 0.279 e. The largest absolute Gasteiger partial charge is 0.486 e. The number of rotatable bonds is 4. The SMILES string of the molecule is Cn1c(SCc2ccc(Cl)cc2)nc(=O)c2c1NC(=O)C[C@H]2c1ccc2c(c1)OCCO2. The van der Waals surface area contributed by atoms with Gasteiger partial charge in [-0.2, -0.15) is 4.98 Å². The van der Waals surface area contributed by atoms with Gasteiger partial charge in [0.25, 0.3) is 5.56 Å². The zero-order valence-corrected chi connectivity index (χ0v) is 18.8. The van der Waals surface area contributed by atoms with Crippen molar-refractivity contribution in [3.05, 3.63) is 74.5 Å². The maximum Gasteiger partial charge on any atom is 0.279 e. The van der Waals surface area contributed by atoms with Gasteiger partial charge < -0.3 is 19.4 Å². The van der Waals surface area contributed by atoms with Crippen LogP contribution in [0.5, 0.6) is 11.5 Å². The van der Waals surface area contributed by atoms with Crippen molar-refractivity contribution in [3.63, 3.8) is 0 Å². The van der Waals surface area contributed by atoms with Gasteiger partial charge in [0.05, 0.1) is 5.56 Å². The van der Waals surface area contributed by atoms with Crippen molar-refractivity contribution in [2.24, 2.45) is 7.05 Å². The van der Waals surface area contributed by atoms with Crippen molar-refractivity contribution in [2.75, 3.05) is 18.5 Å². The Morgan fingerprint density at radius 1 is 1.12 bits per heavy atom. The summed E-state index contributed by atoms with van der Waals surface area (Å²) in [5.41, 5.74) is 2.03. The van der Waals surface area contributed by atoms with Crippen LogP contribution in [0.25, 0.3) is 0 Å². The minimum Gasteiger partial charge on any atom is -0.486 e. The van der Waals surface area contributed by atoms with E-state index in [0.29, 0.717) is 52.0 Å². The van der Waals surface area contributed by atoms with Crippen LogP contribution in [0.15, 0.2) is 52.4 Å². The first-order valence-electron chi connectivity index (χ1n) is 10.2. The molecule has 0 saturated heterocycles. The highest BCUT2D eigenvalue weighted by Crippen LogP contribution is 2.40. The Morgan fingerprint density at radius 2 is 1.88 bits per heavy atom. The fourth-order valence-corrected chi connectivity index (χ4v) is 5.00. The number of aromatic nitrogens is 2. The summed E-state index contributed by atoms with van der Waals surface area (Å²) in [5, 5.41) is 4.08. The van der Waals surface area contributed by atoms with E-state index in [-0.39, 0.29) is 17.9 Å². The Hall–Kier alpha value is -2.97. The van der Waals surface area contributed by atoms with Crippen LogP contribution in [-0.4, -0.2) is 28.7 Å². The van der Waals surface area contributed by atoms with Crippen molar-refractivity contribution in [1.82, 2.24) is 9.55 Å². The van der Waals surface area contributed by atoms with E-state index in [1.807, 2.05) is 49.5 Å². The molecule has 7 nitrogen and oxygen atoms in total. The van der Waals surface area contributed by atoms with Crippen LogP contribution in [0, 0.1) is 0 Å². The van der Waals surface area contributed by atoms with Gasteiger partial charge in [0.15, 0.2) is 16.7 Å². The molecule has 0 fully saturated rings. The number of amides is 1. The minimum atomic E-state index is -0.406. The van der Waals surface area contributed by atoms with Gasteiger partial charge in [-0.1, -0.05) is 41.6 Å². The summed E-state index contributed by atoms with van der Waals surface area (Å²) in [6, 6.07) is 13.1. The van der Waals surface area contributed by atoms with Crippen LogP contribution in [0.3, 0.4) is 0 Å². The Kier molecular flexibility index (Phi) is 5.57. The van der Waals surface area contributed by atoms with Crippen molar-refractivity contribution in [3.8, 4) is 11.5 Å². The molecular formula is C23H20ClN3O4S. The van der Waals surface area contributed by atoms with Crippen LogP contribution >= 0.6 is 23.4 Å². The average Bonchev–Trinajstić information content (AvgIpc) is 2.80. The number of ether oxygens (including phenoxy) is 2. The lowest BCUT2D eigenvalue weighted by molar-refractivity contribution is -0.116. The molecule has 0 radical (unpaired) electrons. The molecular weight excluding hydrogens is 450 g/mol. The second-order valence-corrected chi connectivity index (χ2v) is 9.02. The summed E-state index contributed by atoms with van der Waals surface area (Å²) in [7, 11) is 1.81. The second-order valence-electron chi connectivity index (χ2n) is 7.64. The molecule has 0 saturated carbocycles. The summed E-state index contributed by atoms with van der Waals surface area (Å²) in [6.45, 7) is 0.970. The number of hydrogen-bond acceptors (Lipinski definition) is 6. The monoisotopic (exact) mass is 469 g/mol. The van der Waals surface area contributed by atoms with Gasteiger partial charge in [0.2, 0.25) is 5.91 Å². The molecule has 2 aliphatic heterocycles. The van der Waals surface area contributed by atoms with E-state index in [1.54, 1.807) is 4.57 Å². The molecule has 1 amide bonds. The quantitative estimate of drug-likeness (QED) is 0.460. The van der Waals surface area contributed by atoms with Crippen LogP contribution in [0.4, 0.5) is 5.82 Å². The highest BCUT2D eigenvalue weighted by Gasteiger charge is 2.32. The standard InChI is InChI=1S/C23H20ClN3O4S/c1-27-21-20(22(29)26-23(27)32-12-13-2-5-15(24)6-3-13)16(11-19(28)25-21)14-4-7-17-18(10-14)31-9-8-30-17/h2-7,10,16H,8-9,11-12H2,1H3,(H,25,28)/t16-/m0/s1. The highest BCUT2D eigenvalue weighted by atomic mass is 35.5. The van der Waals surface area contributed by atoms with Crippen LogP contribution in [-0.2, 0) is 17.6 Å². The number of nitrogens with zero attached hydrogens (tertiary/aromatic N) is 2. The van der Waals surface area contributed by atoms with E-state index >= 15 is 0 Å². The van der Waals surface area contributed by atoms with Gasteiger partial charge in [0, 0.05) is 30.2 Å². The number of anilines is 1. The molecule has 0 aliphatic carbocycles. The zero-order chi connectivity index (χ0) is 22.2. The van der Waals surface area contributed by atoms with E-state index < -0.39 is 5.92 Å². The molecule has 2 aromatic carbocycles. The van der Waals surface area contributed by atoms with E-state index in [2.05, 4.69) is 10.3 Å². The maximum atomic E-state index is 13.1. The fraction of sp³-hybridized carbons (Fsp3) is 0.261. The summed E-state index contributed by atoms with van der Waals surface area (Å²) in [5.74, 6) is 1.85. The Labute approximate surface area is 193 Å². The van der Waals surface area contributed by atoms with E-state index in [0.717, 1.165) is 11.1 Å². The molecule has 2 aliphatic rings. The first-order valence-corrected chi connectivity index (χ1v) is 11.5. The van der Waals surface area contributed by atoms with E-state index in [4.69, 9.17) is 21.1 Å². The molecule has 0 bridgehead atoms. The molecule has 1 aromatic heterocycles. The van der Waals surface area contributed by atoms with Crippen molar-refractivity contribution in [2.45, 2.75) is 23.2 Å². The van der Waals surface area contributed by atoms with E-state index in [1.165, 1.54) is 11.8 Å². The molecule has 0 spiro atoms. The molecule has 9 heteroatoms. The fourth-order valence-electron chi connectivity index (χ4n) is 3.95.